The molecule has 1 heterocycles. The minimum absolute atomic E-state index is 0.116. The van der Waals surface area contributed by atoms with Gasteiger partial charge in [-0.3, -0.25) is 0 Å². The maximum atomic E-state index is 14.4. The lowest BCUT2D eigenvalue weighted by Crippen LogP contribution is -2.49. The molecule has 0 aliphatic carbocycles. The van der Waals surface area contributed by atoms with E-state index in [2.05, 4.69) is 0 Å². The van der Waals surface area contributed by atoms with Gasteiger partial charge in [-0.15, -0.1) is 0 Å². The molecule has 4 nitrogen and oxygen atoms in total. The number of benzene rings is 2. The van der Waals surface area contributed by atoms with Crippen LogP contribution < -0.4 is 0 Å². The highest BCUT2D eigenvalue weighted by molar-refractivity contribution is 5.83. The van der Waals surface area contributed by atoms with Crippen LogP contribution in [-0.4, -0.2) is 42.8 Å². The van der Waals surface area contributed by atoms with Crippen molar-refractivity contribution in [2.45, 2.75) is 18.4 Å². The molecule has 0 saturated heterocycles. The van der Waals surface area contributed by atoms with E-state index >= 15 is 0 Å². The molecule has 6 heteroatoms. The van der Waals surface area contributed by atoms with E-state index in [4.69, 9.17) is 0 Å². The molecule has 0 N–H and O–H groups in total. The molecule has 1 aliphatic rings. The maximum absolute atomic E-state index is 14.4. The number of carbonyl (C=O) groups is 2. The quantitative estimate of drug-likeness (QED) is 0.724. The van der Waals surface area contributed by atoms with Gasteiger partial charge in [0.1, 0.15) is 17.9 Å². The minimum Gasteiger partial charge on any atom is -0.331 e. The Labute approximate surface area is 163 Å². The summed E-state index contributed by atoms with van der Waals surface area (Å²) in [6.45, 7) is 0.116. The molecular weight excluding hydrogens is 362 g/mol. The lowest BCUT2D eigenvalue weighted by Gasteiger charge is -2.39. The Morgan fingerprint density at radius 2 is 1.89 bits per heavy atom. The van der Waals surface area contributed by atoms with Crippen LogP contribution in [0.3, 0.4) is 0 Å². The van der Waals surface area contributed by atoms with E-state index in [-0.39, 0.29) is 24.6 Å². The van der Waals surface area contributed by atoms with Gasteiger partial charge in [0.25, 0.3) is 0 Å². The average molecular weight is 384 g/mol. The van der Waals surface area contributed by atoms with Crippen molar-refractivity contribution in [2.24, 2.45) is 0 Å². The molecule has 1 atom stereocenters. The van der Waals surface area contributed by atoms with Gasteiger partial charge in [0.2, 0.25) is 0 Å². The van der Waals surface area contributed by atoms with Crippen molar-refractivity contribution in [2.75, 3.05) is 20.6 Å². The zero-order valence-corrected chi connectivity index (χ0v) is 15.9. The summed E-state index contributed by atoms with van der Waals surface area (Å²) in [7, 11) is 3.27. The first kappa shape index (κ1) is 19.7. The van der Waals surface area contributed by atoms with Crippen LogP contribution in [0.5, 0.6) is 0 Å². The maximum Gasteiger partial charge on any atom is 0.320 e. The highest BCUT2D eigenvalue weighted by Crippen LogP contribution is 2.44. The first-order valence-electron chi connectivity index (χ1n) is 9.04. The molecule has 0 saturated carbocycles. The Bertz CT molecular complexity index is 912. The SMILES string of the molecule is CN(C)C(=O)N1CC(c2cc(F)ccc2F)=CC1(CCC=O)c1ccccc1. The van der Waals surface area contributed by atoms with E-state index in [1.165, 1.54) is 4.90 Å². The highest BCUT2D eigenvalue weighted by Gasteiger charge is 2.45. The van der Waals surface area contributed by atoms with Crippen molar-refractivity contribution >= 4 is 17.9 Å². The molecule has 2 amide bonds. The van der Waals surface area contributed by atoms with Crippen LogP contribution in [0.4, 0.5) is 13.6 Å². The topological polar surface area (TPSA) is 40.6 Å². The molecule has 146 valence electrons. The summed E-state index contributed by atoms with van der Waals surface area (Å²) in [4.78, 5) is 27.2. The number of amides is 2. The van der Waals surface area contributed by atoms with Gasteiger partial charge in [-0.2, -0.15) is 0 Å². The molecule has 28 heavy (non-hydrogen) atoms. The fourth-order valence-electron chi connectivity index (χ4n) is 3.71. The van der Waals surface area contributed by atoms with Gasteiger partial charge >= 0.3 is 6.03 Å². The predicted octanol–water partition coefficient (Wildman–Crippen LogP) is 4.22. The molecule has 1 unspecified atom stereocenters. The summed E-state index contributed by atoms with van der Waals surface area (Å²) in [5, 5.41) is 0. The second kappa shape index (κ2) is 7.92. The van der Waals surface area contributed by atoms with E-state index < -0.39 is 17.2 Å². The Balaban J connectivity index is 2.20. The second-order valence-electron chi connectivity index (χ2n) is 7.05. The van der Waals surface area contributed by atoms with Crippen molar-refractivity contribution in [3.05, 3.63) is 77.4 Å². The van der Waals surface area contributed by atoms with Gasteiger partial charge in [-0.05, 0) is 41.8 Å². The monoisotopic (exact) mass is 384 g/mol. The normalized spacial score (nSPS) is 18.7. The van der Waals surface area contributed by atoms with Crippen LogP contribution in [-0.2, 0) is 10.3 Å². The summed E-state index contributed by atoms with van der Waals surface area (Å²) >= 11 is 0. The van der Waals surface area contributed by atoms with Gasteiger partial charge in [-0.1, -0.05) is 30.3 Å². The summed E-state index contributed by atoms with van der Waals surface area (Å²) in [5.41, 5.74) is 0.540. The van der Waals surface area contributed by atoms with E-state index in [0.29, 0.717) is 12.0 Å². The summed E-state index contributed by atoms with van der Waals surface area (Å²) in [6.07, 6.45) is 3.17. The number of hydrogen-bond donors (Lipinski definition) is 0. The summed E-state index contributed by atoms with van der Waals surface area (Å²) in [6, 6.07) is 12.3. The van der Waals surface area contributed by atoms with Gasteiger partial charge in [0, 0.05) is 32.6 Å². The van der Waals surface area contributed by atoms with Crippen molar-refractivity contribution in [1.82, 2.24) is 9.80 Å². The van der Waals surface area contributed by atoms with Gasteiger partial charge in [0.05, 0.1) is 5.54 Å². The average Bonchev–Trinajstić information content (AvgIpc) is 3.08. The molecule has 3 rings (SSSR count). The number of hydrogen-bond acceptors (Lipinski definition) is 2. The molecule has 0 fully saturated rings. The van der Waals surface area contributed by atoms with Crippen molar-refractivity contribution in [3.63, 3.8) is 0 Å². The number of urea groups is 1. The van der Waals surface area contributed by atoms with Crippen LogP contribution >= 0.6 is 0 Å². The Morgan fingerprint density at radius 3 is 2.54 bits per heavy atom. The van der Waals surface area contributed by atoms with Crippen molar-refractivity contribution in [3.8, 4) is 0 Å². The van der Waals surface area contributed by atoms with Crippen LogP contribution in [0, 0.1) is 11.6 Å². The number of rotatable bonds is 5. The van der Waals surface area contributed by atoms with Gasteiger partial charge in [0.15, 0.2) is 0 Å². The summed E-state index contributed by atoms with van der Waals surface area (Å²) in [5.74, 6) is -1.10. The lowest BCUT2D eigenvalue weighted by molar-refractivity contribution is -0.108. The van der Waals surface area contributed by atoms with E-state index in [1.807, 2.05) is 30.3 Å². The number of aldehydes is 1. The number of carbonyl (C=O) groups excluding carboxylic acids is 2. The zero-order chi connectivity index (χ0) is 20.3. The zero-order valence-electron chi connectivity index (χ0n) is 15.9. The first-order chi connectivity index (χ1) is 13.4. The third kappa shape index (κ3) is 3.54. The highest BCUT2D eigenvalue weighted by atomic mass is 19.1. The first-order valence-corrected chi connectivity index (χ1v) is 9.04. The minimum atomic E-state index is -0.919. The molecule has 2 aromatic rings. The Hall–Kier alpha value is -3.02. The third-order valence-electron chi connectivity index (χ3n) is 5.03. The van der Waals surface area contributed by atoms with Gasteiger partial charge < -0.3 is 14.6 Å². The number of halogens is 2. The molecule has 2 aromatic carbocycles. The van der Waals surface area contributed by atoms with E-state index in [9.17, 15) is 18.4 Å². The van der Waals surface area contributed by atoms with Crippen LogP contribution in [0.2, 0.25) is 0 Å². The van der Waals surface area contributed by atoms with Crippen LogP contribution in [0.1, 0.15) is 24.0 Å². The van der Waals surface area contributed by atoms with Gasteiger partial charge in [-0.25, -0.2) is 13.6 Å². The fourth-order valence-corrected chi connectivity index (χ4v) is 3.71. The molecule has 0 spiro atoms. The largest absolute Gasteiger partial charge is 0.331 e. The Morgan fingerprint density at radius 1 is 1.18 bits per heavy atom. The fraction of sp³-hybridized carbons (Fsp3) is 0.273. The number of nitrogens with zero attached hydrogens (tertiary/aromatic N) is 2. The lowest BCUT2D eigenvalue weighted by atomic mass is 9.84. The van der Waals surface area contributed by atoms with Crippen molar-refractivity contribution < 1.29 is 18.4 Å². The smallest absolute Gasteiger partial charge is 0.320 e. The van der Waals surface area contributed by atoms with Crippen LogP contribution in [0.15, 0.2) is 54.6 Å². The Kier molecular flexibility index (Phi) is 5.58. The van der Waals surface area contributed by atoms with E-state index in [1.54, 1.807) is 25.1 Å². The summed E-state index contributed by atoms with van der Waals surface area (Å²) < 4.78 is 28.2. The molecule has 0 radical (unpaired) electrons. The third-order valence-corrected chi connectivity index (χ3v) is 5.03. The predicted molar refractivity (Wildman–Crippen MR) is 104 cm³/mol. The molecule has 0 bridgehead atoms. The molecule has 0 aromatic heterocycles. The molecular formula is C22H22F2N2O2. The van der Waals surface area contributed by atoms with Crippen molar-refractivity contribution in [1.29, 1.82) is 0 Å². The van der Waals surface area contributed by atoms with Crippen LogP contribution in [0.25, 0.3) is 5.57 Å². The second-order valence-corrected chi connectivity index (χ2v) is 7.05. The van der Waals surface area contributed by atoms with E-state index in [0.717, 1.165) is 30.0 Å². The standard InChI is InChI=1S/C22H22F2N2O2/c1-25(2)21(28)26-15-16(19-13-18(23)9-10-20(19)24)14-22(26,11-6-12-27)17-7-4-3-5-8-17/h3-5,7-10,12-14H,6,11,15H2,1-2H3. The molecule has 1 aliphatic heterocycles.